The third-order valence-corrected chi connectivity index (χ3v) is 3.16. The van der Waals surface area contributed by atoms with Crippen molar-refractivity contribution in [3.63, 3.8) is 0 Å². The highest BCUT2D eigenvalue weighted by Gasteiger charge is 2.17. The second-order valence-electron chi connectivity index (χ2n) is 4.82. The highest BCUT2D eigenvalue weighted by Crippen LogP contribution is 2.24. The van der Waals surface area contributed by atoms with E-state index in [1.807, 2.05) is 0 Å². The normalized spacial score (nSPS) is 10.1. The molecule has 0 atom stereocenters. The fraction of sp³-hybridized carbons (Fsp3) is 0.176. The molecule has 0 saturated heterocycles. The number of hydrogen-bond donors (Lipinski definition) is 1. The second-order valence-corrected chi connectivity index (χ2v) is 4.82. The summed E-state index contributed by atoms with van der Waals surface area (Å²) in [6.45, 7) is -0.613. The molecule has 0 radical (unpaired) electrons. The number of anilines is 1. The van der Waals surface area contributed by atoms with Crippen LogP contribution in [0.2, 0.25) is 0 Å². The highest BCUT2D eigenvalue weighted by atomic mass is 19.2. The molecule has 1 amide bonds. The van der Waals surface area contributed by atoms with Crippen molar-refractivity contribution in [2.45, 2.75) is 0 Å². The SMILES string of the molecule is COc1ccc(OC)c(C(=O)OCC(=O)Nc2ccc(F)c(F)c2)c1. The zero-order valence-electron chi connectivity index (χ0n) is 13.5. The minimum absolute atomic E-state index is 0.0407. The van der Waals surface area contributed by atoms with Crippen molar-refractivity contribution in [3.05, 3.63) is 53.6 Å². The summed E-state index contributed by atoms with van der Waals surface area (Å²) in [5.41, 5.74) is 0.126. The molecule has 25 heavy (non-hydrogen) atoms. The topological polar surface area (TPSA) is 73.9 Å². The van der Waals surface area contributed by atoms with E-state index in [1.54, 1.807) is 6.07 Å². The van der Waals surface area contributed by atoms with Crippen molar-refractivity contribution in [2.24, 2.45) is 0 Å². The Balaban J connectivity index is 1.99. The van der Waals surface area contributed by atoms with Crippen LogP contribution in [0.1, 0.15) is 10.4 Å². The standard InChI is InChI=1S/C17H15F2NO5/c1-23-11-4-6-15(24-2)12(8-11)17(22)25-9-16(21)20-10-3-5-13(18)14(19)7-10/h3-8H,9H2,1-2H3,(H,20,21). The summed E-state index contributed by atoms with van der Waals surface area (Å²) in [6, 6.07) is 7.41. The van der Waals surface area contributed by atoms with Crippen LogP contribution in [0.3, 0.4) is 0 Å². The van der Waals surface area contributed by atoms with E-state index in [1.165, 1.54) is 32.4 Å². The summed E-state index contributed by atoms with van der Waals surface area (Å²) in [5.74, 6) is -2.96. The van der Waals surface area contributed by atoms with Crippen LogP contribution in [0.5, 0.6) is 11.5 Å². The molecule has 2 aromatic carbocycles. The molecule has 0 fully saturated rings. The molecule has 0 bridgehead atoms. The molecule has 0 spiro atoms. The first-order valence-electron chi connectivity index (χ1n) is 7.08. The summed E-state index contributed by atoms with van der Waals surface area (Å²) >= 11 is 0. The van der Waals surface area contributed by atoms with E-state index in [0.717, 1.165) is 12.1 Å². The lowest BCUT2D eigenvalue weighted by molar-refractivity contribution is -0.119. The molecule has 0 aromatic heterocycles. The Labute approximate surface area is 142 Å². The van der Waals surface area contributed by atoms with Gasteiger partial charge < -0.3 is 19.5 Å². The van der Waals surface area contributed by atoms with Crippen molar-refractivity contribution >= 4 is 17.6 Å². The molecule has 2 rings (SSSR count). The number of hydrogen-bond acceptors (Lipinski definition) is 5. The predicted molar refractivity (Wildman–Crippen MR) is 84.8 cm³/mol. The number of carbonyl (C=O) groups excluding carboxylic acids is 2. The third kappa shape index (κ3) is 4.66. The smallest absolute Gasteiger partial charge is 0.342 e. The Morgan fingerprint density at radius 2 is 1.76 bits per heavy atom. The minimum atomic E-state index is -1.10. The van der Waals surface area contributed by atoms with Gasteiger partial charge in [-0.25, -0.2) is 13.6 Å². The Morgan fingerprint density at radius 1 is 1.00 bits per heavy atom. The number of esters is 1. The largest absolute Gasteiger partial charge is 0.497 e. The summed E-state index contributed by atoms with van der Waals surface area (Å²) in [7, 11) is 2.82. The van der Waals surface area contributed by atoms with Gasteiger partial charge in [0.2, 0.25) is 0 Å². The van der Waals surface area contributed by atoms with Crippen molar-refractivity contribution in [1.29, 1.82) is 0 Å². The molecule has 0 aliphatic rings. The number of benzene rings is 2. The number of ether oxygens (including phenoxy) is 3. The van der Waals surface area contributed by atoms with Gasteiger partial charge in [0.25, 0.3) is 5.91 Å². The molecule has 0 heterocycles. The molecule has 0 aliphatic heterocycles. The molecule has 132 valence electrons. The van der Waals surface area contributed by atoms with Crippen LogP contribution in [-0.4, -0.2) is 32.7 Å². The maximum absolute atomic E-state index is 13.1. The fourth-order valence-electron chi connectivity index (χ4n) is 1.95. The lowest BCUT2D eigenvalue weighted by atomic mass is 10.2. The number of methoxy groups -OCH3 is 2. The summed E-state index contributed by atoms with van der Waals surface area (Å²) in [6.07, 6.45) is 0. The van der Waals surface area contributed by atoms with Crippen molar-refractivity contribution in [3.8, 4) is 11.5 Å². The number of rotatable bonds is 6. The van der Waals surface area contributed by atoms with Crippen LogP contribution in [0.15, 0.2) is 36.4 Å². The summed E-state index contributed by atoms with van der Waals surface area (Å²) < 4.78 is 40.9. The van der Waals surface area contributed by atoms with Crippen molar-refractivity contribution < 1.29 is 32.6 Å². The molecular weight excluding hydrogens is 336 g/mol. The van der Waals surface area contributed by atoms with Crippen LogP contribution in [0.25, 0.3) is 0 Å². The molecule has 0 aliphatic carbocycles. The van der Waals surface area contributed by atoms with E-state index in [0.29, 0.717) is 5.75 Å². The van der Waals surface area contributed by atoms with Gasteiger partial charge in [0.05, 0.1) is 14.2 Å². The number of nitrogens with one attached hydrogen (secondary N) is 1. The molecule has 6 nitrogen and oxygen atoms in total. The van der Waals surface area contributed by atoms with Crippen molar-refractivity contribution in [2.75, 3.05) is 26.1 Å². The average Bonchev–Trinajstić information content (AvgIpc) is 2.62. The van der Waals surface area contributed by atoms with E-state index in [9.17, 15) is 18.4 Å². The van der Waals surface area contributed by atoms with Gasteiger partial charge in [-0.05, 0) is 30.3 Å². The minimum Gasteiger partial charge on any atom is -0.497 e. The number of halogens is 2. The Morgan fingerprint density at radius 3 is 2.40 bits per heavy atom. The molecule has 0 unspecified atom stereocenters. The highest BCUT2D eigenvalue weighted by molar-refractivity contribution is 5.97. The lowest BCUT2D eigenvalue weighted by Gasteiger charge is -2.10. The van der Waals surface area contributed by atoms with E-state index < -0.39 is 30.1 Å². The van der Waals surface area contributed by atoms with Gasteiger partial charge in [0, 0.05) is 11.8 Å². The number of carbonyl (C=O) groups is 2. The second kappa shape index (κ2) is 8.09. The predicted octanol–water partition coefficient (Wildman–Crippen LogP) is 2.78. The van der Waals surface area contributed by atoms with Gasteiger partial charge in [0.15, 0.2) is 18.2 Å². The summed E-state index contributed by atoms with van der Waals surface area (Å²) in [5, 5.41) is 2.29. The molecular formula is C17H15F2NO5. The van der Waals surface area contributed by atoms with Crippen LogP contribution in [0, 0.1) is 11.6 Å². The van der Waals surface area contributed by atoms with Crippen LogP contribution < -0.4 is 14.8 Å². The quantitative estimate of drug-likeness (QED) is 0.810. The van der Waals surface area contributed by atoms with Gasteiger partial charge >= 0.3 is 5.97 Å². The van der Waals surface area contributed by atoms with Gasteiger partial charge in [-0.2, -0.15) is 0 Å². The molecule has 2 aromatic rings. The number of amides is 1. The lowest BCUT2D eigenvalue weighted by Crippen LogP contribution is -2.21. The van der Waals surface area contributed by atoms with Gasteiger partial charge in [-0.3, -0.25) is 4.79 Å². The molecule has 8 heteroatoms. The molecule has 0 saturated carbocycles. The van der Waals surface area contributed by atoms with Crippen LogP contribution in [0.4, 0.5) is 14.5 Å². The van der Waals surface area contributed by atoms with Gasteiger partial charge in [0.1, 0.15) is 17.1 Å². The van der Waals surface area contributed by atoms with E-state index >= 15 is 0 Å². The maximum atomic E-state index is 13.1. The van der Waals surface area contributed by atoms with Gasteiger partial charge in [-0.1, -0.05) is 0 Å². The first kappa shape index (κ1) is 18.2. The molecule has 1 N–H and O–H groups in total. The first-order chi connectivity index (χ1) is 11.9. The summed E-state index contributed by atoms with van der Waals surface area (Å²) in [4.78, 5) is 23.9. The van der Waals surface area contributed by atoms with Crippen molar-refractivity contribution in [1.82, 2.24) is 0 Å². The third-order valence-electron chi connectivity index (χ3n) is 3.16. The van der Waals surface area contributed by atoms with E-state index in [-0.39, 0.29) is 17.0 Å². The fourth-order valence-corrected chi connectivity index (χ4v) is 1.95. The maximum Gasteiger partial charge on any atom is 0.342 e. The Hall–Kier alpha value is -3.16. The van der Waals surface area contributed by atoms with Gasteiger partial charge in [-0.15, -0.1) is 0 Å². The monoisotopic (exact) mass is 351 g/mol. The Kier molecular flexibility index (Phi) is 5.89. The zero-order valence-corrected chi connectivity index (χ0v) is 13.5. The van der Waals surface area contributed by atoms with Crippen LogP contribution in [-0.2, 0) is 9.53 Å². The first-order valence-corrected chi connectivity index (χ1v) is 7.08. The average molecular weight is 351 g/mol. The van der Waals surface area contributed by atoms with E-state index in [2.05, 4.69) is 5.32 Å². The van der Waals surface area contributed by atoms with Crippen LogP contribution >= 0.6 is 0 Å². The Bertz CT molecular complexity index is 795. The zero-order chi connectivity index (χ0) is 18.4. The van der Waals surface area contributed by atoms with E-state index in [4.69, 9.17) is 14.2 Å².